The van der Waals surface area contributed by atoms with Gasteiger partial charge in [-0.15, -0.1) is 0 Å². The monoisotopic (exact) mass is 238 g/mol. The Morgan fingerprint density at radius 3 is 2.35 bits per heavy atom. The minimum Gasteiger partial charge on any atom is -0.496 e. The highest BCUT2D eigenvalue weighted by Crippen LogP contribution is 2.31. The maximum Gasteiger partial charge on any atom is 0.124 e. The normalized spacial score (nSPS) is 14.5. The predicted octanol–water partition coefficient (Wildman–Crippen LogP) is 0.940. The molecule has 1 aromatic rings. The van der Waals surface area contributed by atoms with E-state index in [1.807, 2.05) is 26.8 Å². The van der Waals surface area contributed by atoms with Crippen molar-refractivity contribution in [1.29, 1.82) is 0 Å². The summed E-state index contributed by atoms with van der Waals surface area (Å²) in [5, 5.41) is 9.73. The number of aliphatic hydroxyl groups excluding tert-OH is 1. The largest absolute Gasteiger partial charge is 0.496 e. The third-order valence-electron chi connectivity index (χ3n) is 3.29. The molecule has 0 aromatic heterocycles. The Kier molecular flexibility index (Phi) is 4.51. The number of ether oxygens (including phenoxy) is 1. The highest BCUT2D eigenvalue weighted by Gasteiger charge is 2.20. The number of nitrogens with two attached hydrogens (primary N) is 2. The van der Waals surface area contributed by atoms with Crippen LogP contribution in [0.25, 0.3) is 0 Å². The summed E-state index contributed by atoms with van der Waals surface area (Å²) in [4.78, 5) is 0. The topological polar surface area (TPSA) is 81.5 Å². The van der Waals surface area contributed by atoms with E-state index < -0.39 is 12.1 Å². The minimum absolute atomic E-state index is 0.157. The van der Waals surface area contributed by atoms with Gasteiger partial charge in [0.1, 0.15) is 5.75 Å². The summed E-state index contributed by atoms with van der Waals surface area (Å²) in [5.41, 5.74) is 15.5. The van der Waals surface area contributed by atoms with Crippen molar-refractivity contribution < 1.29 is 9.84 Å². The molecule has 2 atom stereocenters. The Hall–Kier alpha value is -1.10. The molecule has 1 aromatic carbocycles. The van der Waals surface area contributed by atoms with Crippen LogP contribution < -0.4 is 16.2 Å². The van der Waals surface area contributed by atoms with Crippen LogP contribution in [-0.4, -0.2) is 24.9 Å². The molecule has 0 radical (unpaired) electrons. The summed E-state index contributed by atoms with van der Waals surface area (Å²) in [7, 11) is 1.66. The van der Waals surface area contributed by atoms with E-state index in [0.29, 0.717) is 0 Å². The molecule has 0 aliphatic rings. The van der Waals surface area contributed by atoms with Gasteiger partial charge in [-0.05, 0) is 43.0 Å². The van der Waals surface area contributed by atoms with E-state index in [-0.39, 0.29) is 6.54 Å². The second-order valence-electron chi connectivity index (χ2n) is 4.39. The number of aryl methyl sites for hydroxylation is 1. The summed E-state index contributed by atoms with van der Waals surface area (Å²) in [6, 6.07) is 1.51. The van der Waals surface area contributed by atoms with Crippen molar-refractivity contribution in [3.05, 3.63) is 28.3 Å². The highest BCUT2D eigenvalue weighted by molar-refractivity contribution is 5.50. The van der Waals surface area contributed by atoms with Gasteiger partial charge >= 0.3 is 0 Å². The molecule has 4 nitrogen and oxygen atoms in total. The number of benzene rings is 1. The zero-order valence-corrected chi connectivity index (χ0v) is 10.9. The first-order valence-corrected chi connectivity index (χ1v) is 5.72. The van der Waals surface area contributed by atoms with E-state index >= 15 is 0 Å². The lowest BCUT2D eigenvalue weighted by Gasteiger charge is -2.23. The van der Waals surface area contributed by atoms with Crippen molar-refractivity contribution in [3.63, 3.8) is 0 Å². The SMILES string of the molecule is COc1c(C)cc(C(N)C(O)CN)c(C)c1C. The third kappa shape index (κ3) is 2.60. The van der Waals surface area contributed by atoms with E-state index in [9.17, 15) is 5.11 Å². The van der Waals surface area contributed by atoms with Crippen LogP contribution in [0.5, 0.6) is 5.75 Å². The third-order valence-corrected chi connectivity index (χ3v) is 3.29. The van der Waals surface area contributed by atoms with Gasteiger partial charge in [0, 0.05) is 6.54 Å². The molecule has 0 fully saturated rings. The van der Waals surface area contributed by atoms with Crippen LogP contribution in [0.4, 0.5) is 0 Å². The number of methoxy groups -OCH3 is 1. The molecule has 0 saturated carbocycles. The van der Waals surface area contributed by atoms with Crippen LogP contribution in [-0.2, 0) is 0 Å². The van der Waals surface area contributed by atoms with Gasteiger partial charge in [-0.25, -0.2) is 0 Å². The van der Waals surface area contributed by atoms with Gasteiger partial charge in [0.15, 0.2) is 0 Å². The fraction of sp³-hybridized carbons (Fsp3) is 0.538. The molecular formula is C13H22N2O2. The number of hydrogen-bond donors (Lipinski definition) is 3. The molecule has 2 unspecified atom stereocenters. The Morgan fingerprint density at radius 2 is 1.88 bits per heavy atom. The van der Waals surface area contributed by atoms with Crippen molar-refractivity contribution >= 4 is 0 Å². The lowest BCUT2D eigenvalue weighted by Crippen LogP contribution is -2.33. The van der Waals surface area contributed by atoms with Crippen LogP contribution in [0.3, 0.4) is 0 Å². The Bertz CT molecular complexity index is 405. The van der Waals surface area contributed by atoms with Crippen molar-refractivity contribution in [2.75, 3.05) is 13.7 Å². The zero-order chi connectivity index (χ0) is 13.2. The van der Waals surface area contributed by atoms with E-state index in [0.717, 1.165) is 28.0 Å². The lowest BCUT2D eigenvalue weighted by molar-refractivity contribution is 0.152. The van der Waals surface area contributed by atoms with Gasteiger partial charge in [0.25, 0.3) is 0 Å². The highest BCUT2D eigenvalue weighted by atomic mass is 16.5. The quantitative estimate of drug-likeness (QED) is 0.729. The molecule has 4 heteroatoms. The van der Waals surface area contributed by atoms with E-state index in [4.69, 9.17) is 16.2 Å². The van der Waals surface area contributed by atoms with Crippen molar-refractivity contribution in [1.82, 2.24) is 0 Å². The molecule has 0 heterocycles. The zero-order valence-electron chi connectivity index (χ0n) is 10.9. The van der Waals surface area contributed by atoms with Gasteiger partial charge in [0.2, 0.25) is 0 Å². The predicted molar refractivity (Wildman–Crippen MR) is 69.2 cm³/mol. The average molecular weight is 238 g/mol. The molecule has 0 bridgehead atoms. The van der Waals surface area contributed by atoms with Crippen LogP contribution in [0.2, 0.25) is 0 Å². The van der Waals surface area contributed by atoms with Gasteiger partial charge in [-0.3, -0.25) is 0 Å². The second-order valence-corrected chi connectivity index (χ2v) is 4.39. The molecule has 96 valence electrons. The maximum absolute atomic E-state index is 9.73. The lowest BCUT2D eigenvalue weighted by atomic mass is 9.92. The Labute approximate surface area is 103 Å². The molecule has 5 N–H and O–H groups in total. The smallest absolute Gasteiger partial charge is 0.124 e. The van der Waals surface area contributed by atoms with Crippen molar-refractivity contribution in [2.24, 2.45) is 11.5 Å². The Balaban J connectivity index is 3.27. The van der Waals surface area contributed by atoms with Crippen LogP contribution >= 0.6 is 0 Å². The average Bonchev–Trinajstić information content (AvgIpc) is 2.32. The van der Waals surface area contributed by atoms with Crippen LogP contribution in [0.15, 0.2) is 6.07 Å². The van der Waals surface area contributed by atoms with Crippen molar-refractivity contribution in [3.8, 4) is 5.75 Å². The first-order valence-electron chi connectivity index (χ1n) is 5.72. The number of aliphatic hydroxyl groups is 1. The van der Waals surface area contributed by atoms with Gasteiger partial charge in [-0.2, -0.15) is 0 Å². The summed E-state index contributed by atoms with van der Waals surface area (Å²) in [6.45, 7) is 6.10. The first-order chi connectivity index (χ1) is 7.93. The van der Waals surface area contributed by atoms with Gasteiger partial charge in [-0.1, -0.05) is 6.07 Å². The summed E-state index contributed by atoms with van der Waals surface area (Å²) >= 11 is 0. The maximum atomic E-state index is 9.73. The minimum atomic E-state index is -0.721. The standard InChI is InChI=1S/C13H22N2O2/c1-7-5-10(12(15)11(16)6-14)8(2)9(3)13(7)17-4/h5,11-12,16H,6,14-15H2,1-4H3. The van der Waals surface area contributed by atoms with E-state index in [2.05, 4.69) is 0 Å². The van der Waals surface area contributed by atoms with Gasteiger partial charge < -0.3 is 21.3 Å². The summed E-state index contributed by atoms with van der Waals surface area (Å²) in [6.07, 6.45) is -0.721. The second kappa shape index (κ2) is 5.49. The van der Waals surface area contributed by atoms with E-state index in [1.165, 1.54) is 0 Å². The molecule has 0 amide bonds. The molecule has 0 aliphatic heterocycles. The molecule has 17 heavy (non-hydrogen) atoms. The fourth-order valence-corrected chi connectivity index (χ4v) is 2.10. The molecule has 0 spiro atoms. The van der Waals surface area contributed by atoms with Crippen LogP contribution in [0.1, 0.15) is 28.3 Å². The van der Waals surface area contributed by atoms with E-state index in [1.54, 1.807) is 7.11 Å². The van der Waals surface area contributed by atoms with Crippen molar-refractivity contribution in [2.45, 2.75) is 32.9 Å². The number of rotatable bonds is 4. The molecule has 0 saturated heterocycles. The number of hydrogen-bond acceptors (Lipinski definition) is 4. The fourth-order valence-electron chi connectivity index (χ4n) is 2.10. The molecular weight excluding hydrogens is 216 g/mol. The molecule has 1 rings (SSSR count). The first kappa shape index (κ1) is 14.0. The Morgan fingerprint density at radius 1 is 1.29 bits per heavy atom. The summed E-state index contributed by atoms with van der Waals surface area (Å²) < 4.78 is 5.35. The molecule has 0 aliphatic carbocycles. The van der Waals surface area contributed by atoms with Crippen LogP contribution in [0, 0.1) is 20.8 Å². The van der Waals surface area contributed by atoms with Gasteiger partial charge in [0.05, 0.1) is 19.3 Å². The summed E-state index contributed by atoms with van der Waals surface area (Å²) in [5.74, 6) is 0.876.